The Bertz CT molecular complexity index is 746. The first-order valence-corrected chi connectivity index (χ1v) is 9.47. The van der Waals surface area contributed by atoms with Crippen molar-refractivity contribution in [3.8, 4) is 0 Å². The quantitative estimate of drug-likeness (QED) is 0.906. The lowest BCUT2D eigenvalue weighted by atomic mass is 9.93. The zero-order valence-corrected chi connectivity index (χ0v) is 14.4. The Kier molecular flexibility index (Phi) is 4.18. The highest BCUT2D eigenvalue weighted by atomic mass is 32.1. The number of nitrogen functional groups attached to an aromatic ring is 1. The number of amides is 1. The number of rotatable bonds is 2. The summed E-state index contributed by atoms with van der Waals surface area (Å²) in [6.07, 6.45) is 8.85. The molecule has 1 aliphatic heterocycles. The predicted octanol–water partition coefficient (Wildman–Crippen LogP) is 2.76. The fourth-order valence-corrected chi connectivity index (χ4v) is 4.54. The molecule has 7 heteroatoms. The van der Waals surface area contributed by atoms with Crippen molar-refractivity contribution in [2.75, 3.05) is 12.3 Å². The second-order valence-corrected chi connectivity index (χ2v) is 7.37. The molecule has 2 aromatic rings. The first-order chi connectivity index (χ1) is 11.7. The number of nitrogens with zero attached hydrogens (tertiary/aromatic N) is 4. The number of hydrogen-bond acceptors (Lipinski definition) is 6. The maximum atomic E-state index is 13.3. The average molecular weight is 343 g/mol. The monoisotopic (exact) mass is 343 g/mol. The SMILES string of the molecule is Nc1nc2c(c(C(=O)N3CCCCC3c3nccs3)n1)CCCC2. The molecule has 1 saturated heterocycles. The van der Waals surface area contributed by atoms with Gasteiger partial charge >= 0.3 is 0 Å². The molecule has 1 amide bonds. The van der Waals surface area contributed by atoms with Crippen LogP contribution in [0.5, 0.6) is 0 Å². The van der Waals surface area contributed by atoms with Crippen LogP contribution in [0, 0.1) is 0 Å². The first-order valence-electron chi connectivity index (χ1n) is 8.59. The number of nitrogens with two attached hydrogens (primary N) is 1. The van der Waals surface area contributed by atoms with Gasteiger partial charge in [0.05, 0.1) is 6.04 Å². The molecule has 1 unspecified atom stereocenters. The van der Waals surface area contributed by atoms with E-state index in [9.17, 15) is 4.79 Å². The van der Waals surface area contributed by atoms with Gasteiger partial charge in [0.2, 0.25) is 5.95 Å². The van der Waals surface area contributed by atoms with Crippen LogP contribution >= 0.6 is 11.3 Å². The molecule has 1 fully saturated rings. The maximum absolute atomic E-state index is 13.3. The number of carbonyl (C=O) groups excluding carboxylic acids is 1. The van der Waals surface area contributed by atoms with Crippen LogP contribution in [0.1, 0.15) is 64.9 Å². The van der Waals surface area contributed by atoms with E-state index in [4.69, 9.17) is 5.73 Å². The standard InChI is InChI=1S/C17H21N5OS/c18-17-20-12-6-2-1-5-11(12)14(21-17)16(23)22-9-4-3-7-13(22)15-19-8-10-24-15/h8,10,13H,1-7,9H2,(H2,18,20,21). The van der Waals surface area contributed by atoms with Gasteiger partial charge in [0, 0.05) is 29.4 Å². The van der Waals surface area contributed by atoms with E-state index in [2.05, 4.69) is 15.0 Å². The number of likely N-dealkylation sites (tertiary alicyclic amines) is 1. The van der Waals surface area contributed by atoms with Crippen molar-refractivity contribution in [2.45, 2.75) is 51.0 Å². The summed E-state index contributed by atoms with van der Waals surface area (Å²) in [6.45, 7) is 0.752. The number of carbonyl (C=O) groups is 1. The summed E-state index contributed by atoms with van der Waals surface area (Å²) in [5.74, 6) is 0.198. The van der Waals surface area contributed by atoms with Crippen molar-refractivity contribution in [1.29, 1.82) is 0 Å². The second-order valence-electron chi connectivity index (χ2n) is 6.44. The fraction of sp³-hybridized carbons (Fsp3) is 0.529. The fourth-order valence-electron chi connectivity index (χ4n) is 3.76. The molecule has 0 bridgehead atoms. The van der Waals surface area contributed by atoms with E-state index in [0.717, 1.165) is 67.8 Å². The van der Waals surface area contributed by atoms with Crippen LogP contribution in [0.2, 0.25) is 0 Å². The molecule has 6 nitrogen and oxygen atoms in total. The van der Waals surface area contributed by atoms with Crippen molar-refractivity contribution in [3.63, 3.8) is 0 Å². The molecule has 1 aliphatic carbocycles. The van der Waals surface area contributed by atoms with Crippen molar-refractivity contribution in [2.24, 2.45) is 0 Å². The molecule has 0 saturated carbocycles. The summed E-state index contributed by atoms with van der Waals surface area (Å²) in [5, 5.41) is 2.98. The molecular formula is C17H21N5OS. The van der Waals surface area contributed by atoms with E-state index >= 15 is 0 Å². The van der Waals surface area contributed by atoms with Crippen LogP contribution in [0.25, 0.3) is 0 Å². The molecule has 1 atom stereocenters. The van der Waals surface area contributed by atoms with E-state index in [0.29, 0.717) is 5.69 Å². The third kappa shape index (κ3) is 2.77. The molecule has 0 spiro atoms. The molecule has 2 aliphatic rings. The van der Waals surface area contributed by atoms with E-state index in [-0.39, 0.29) is 17.9 Å². The molecule has 2 aromatic heterocycles. The van der Waals surface area contributed by atoms with Gasteiger partial charge in [-0.05, 0) is 44.9 Å². The van der Waals surface area contributed by atoms with Crippen molar-refractivity contribution >= 4 is 23.2 Å². The summed E-state index contributed by atoms with van der Waals surface area (Å²) < 4.78 is 0. The van der Waals surface area contributed by atoms with E-state index in [1.54, 1.807) is 11.3 Å². The highest BCUT2D eigenvalue weighted by Crippen LogP contribution is 2.34. The highest BCUT2D eigenvalue weighted by molar-refractivity contribution is 7.09. The van der Waals surface area contributed by atoms with Crippen LogP contribution in [-0.2, 0) is 12.8 Å². The molecule has 3 heterocycles. The number of aryl methyl sites for hydroxylation is 1. The Balaban J connectivity index is 1.71. The van der Waals surface area contributed by atoms with Gasteiger partial charge in [-0.1, -0.05) is 0 Å². The zero-order valence-electron chi connectivity index (χ0n) is 13.6. The Morgan fingerprint density at radius 1 is 1.21 bits per heavy atom. The number of thiazole rings is 1. The molecule has 0 aromatic carbocycles. The minimum Gasteiger partial charge on any atom is -0.368 e. The largest absolute Gasteiger partial charge is 0.368 e. The number of aromatic nitrogens is 3. The first kappa shape index (κ1) is 15.5. The Morgan fingerprint density at radius 2 is 2.08 bits per heavy atom. The smallest absolute Gasteiger partial charge is 0.273 e. The normalized spacial score (nSPS) is 20.7. The second kappa shape index (κ2) is 6.47. The van der Waals surface area contributed by atoms with E-state index < -0.39 is 0 Å². The van der Waals surface area contributed by atoms with Gasteiger partial charge in [0.25, 0.3) is 5.91 Å². The third-order valence-corrected chi connectivity index (χ3v) is 5.78. The number of piperidine rings is 1. The van der Waals surface area contributed by atoms with E-state index in [1.807, 2.05) is 16.5 Å². The number of anilines is 1. The molecule has 0 radical (unpaired) electrons. The topological polar surface area (TPSA) is 85.0 Å². The van der Waals surface area contributed by atoms with Crippen molar-refractivity contribution in [3.05, 3.63) is 33.5 Å². The minimum absolute atomic E-state index is 0.0119. The van der Waals surface area contributed by atoms with Gasteiger partial charge in [-0.25, -0.2) is 15.0 Å². The maximum Gasteiger partial charge on any atom is 0.273 e. The van der Waals surface area contributed by atoms with Crippen molar-refractivity contribution < 1.29 is 4.79 Å². The number of hydrogen-bond donors (Lipinski definition) is 1. The summed E-state index contributed by atoms with van der Waals surface area (Å²) >= 11 is 1.62. The molecular weight excluding hydrogens is 322 g/mol. The summed E-state index contributed by atoms with van der Waals surface area (Å²) in [6, 6.07) is 0.0571. The van der Waals surface area contributed by atoms with Gasteiger partial charge in [-0.2, -0.15) is 0 Å². The van der Waals surface area contributed by atoms with Crippen LogP contribution in [0.15, 0.2) is 11.6 Å². The Morgan fingerprint density at radius 3 is 2.92 bits per heavy atom. The van der Waals surface area contributed by atoms with Gasteiger partial charge in [0.1, 0.15) is 10.7 Å². The predicted molar refractivity (Wildman–Crippen MR) is 92.8 cm³/mol. The lowest BCUT2D eigenvalue weighted by Gasteiger charge is -2.35. The van der Waals surface area contributed by atoms with Gasteiger partial charge in [0.15, 0.2) is 0 Å². The Hall–Kier alpha value is -2.02. The summed E-state index contributed by atoms with van der Waals surface area (Å²) in [5.41, 5.74) is 8.35. The van der Waals surface area contributed by atoms with Gasteiger partial charge in [-0.15, -0.1) is 11.3 Å². The van der Waals surface area contributed by atoms with Crippen LogP contribution in [-0.4, -0.2) is 32.3 Å². The van der Waals surface area contributed by atoms with E-state index in [1.165, 1.54) is 0 Å². The summed E-state index contributed by atoms with van der Waals surface area (Å²) in [4.78, 5) is 28.4. The summed E-state index contributed by atoms with van der Waals surface area (Å²) in [7, 11) is 0. The van der Waals surface area contributed by atoms with Crippen molar-refractivity contribution in [1.82, 2.24) is 19.9 Å². The van der Waals surface area contributed by atoms with Crippen LogP contribution in [0.4, 0.5) is 5.95 Å². The Labute approximate surface area is 145 Å². The molecule has 4 rings (SSSR count). The van der Waals surface area contributed by atoms with Gasteiger partial charge in [-0.3, -0.25) is 4.79 Å². The highest BCUT2D eigenvalue weighted by Gasteiger charge is 2.33. The molecule has 126 valence electrons. The minimum atomic E-state index is -0.0119. The zero-order chi connectivity index (χ0) is 16.5. The average Bonchev–Trinajstić information content (AvgIpc) is 3.15. The van der Waals surface area contributed by atoms with Gasteiger partial charge < -0.3 is 10.6 Å². The van der Waals surface area contributed by atoms with Crippen LogP contribution < -0.4 is 5.73 Å². The molecule has 24 heavy (non-hydrogen) atoms. The van der Waals surface area contributed by atoms with Crippen LogP contribution in [0.3, 0.4) is 0 Å². The third-order valence-electron chi connectivity index (χ3n) is 4.90. The number of fused-ring (bicyclic) bond motifs is 1. The molecule has 2 N–H and O–H groups in total. The lowest BCUT2D eigenvalue weighted by molar-refractivity contribution is 0.0603. The lowest BCUT2D eigenvalue weighted by Crippen LogP contribution is -2.39.